The minimum atomic E-state index is -0.530. The summed E-state index contributed by atoms with van der Waals surface area (Å²) in [5.74, 6) is 0.0502. The van der Waals surface area contributed by atoms with Crippen LogP contribution in [0.3, 0.4) is 0 Å². The molecule has 0 fully saturated rings. The second kappa shape index (κ2) is 11.8. The van der Waals surface area contributed by atoms with Crippen molar-refractivity contribution >= 4 is 50.8 Å². The highest BCUT2D eigenvalue weighted by molar-refractivity contribution is 8.02. The summed E-state index contributed by atoms with van der Waals surface area (Å²) in [6, 6.07) is 6.07. The van der Waals surface area contributed by atoms with Gasteiger partial charge in [-0.3, -0.25) is 14.4 Å². The molecule has 182 valence electrons. The molecule has 0 aliphatic carbocycles. The Morgan fingerprint density at radius 1 is 1.18 bits per heavy atom. The van der Waals surface area contributed by atoms with Crippen molar-refractivity contribution < 1.29 is 28.9 Å². The number of carbonyl (C=O) groups excluding carboxylic acids is 2. The van der Waals surface area contributed by atoms with Gasteiger partial charge in [0.25, 0.3) is 11.5 Å². The third-order valence-corrected chi connectivity index (χ3v) is 7.16. The first-order valence-electron chi connectivity index (χ1n) is 10.2. The number of H-pyrrole nitrogens is 1. The molecule has 1 aromatic carbocycles. The molecule has 34 heavy (non-hydrogen) atoms. The number of nitrogens with one attached hydrogen (secondary N) is 3. The number of fused-ring (bicyclic) bond motifs is 1. The van der Waals surface area contributed by atoms with E-state index in [1.54, 1.807) is 25.3 Å². The van der Waals surface area contributed by atoms with E-state index in [0.29, 0.717) is 45.7 Å². The Morgan fingerprint density at radius 3 is 2.68 bits per heavy atom. The number of rotatable bonds is 11. The van der Waals surface area contributed by atoms with E-state index in [0.717, 1.165) is 29.2 Å². The van der Waals surface area contributed by atoms with Gasteiger partial charge in [-0.2, -0.15) is 0 Å². The summed E-state index contributed by atoms with van der Waals surface area (Å²) < 4.78 is 16.3. The number of carbonyl (C=O) groups is 2. The fraction of sp³-hybridized carbons (Fsp3) is 0.318. The SMILES string of the molecule is COCCCNC(=O)c1c(SCC(=O)Nc2ccc(OC)cc2OC)sc2c(O)cc(=O)[nH]c12. The summed E-state index contributed by atoms with van der Waals surface area (Å²) in [6.07, 6.45) is 0.612. The van der Waals surface area contributed by atoms with Crippen LogP contribution < -0.4 is 25.7 Å². The highest BCUT2D eigenvalue weighted by Gasteiger charge is 2.23. The smallest absolute Gasteiger partial charge is 0.255 e. The van der Waals surface area contributed by atoms with Crippen molar-refractivity contribution in [2.45, 2.75) is 10.6 Å². The number of aromatic nitrogens is 1. The normalized spacial score (nSPS) is 10.8. The lowest BCUT2D eigenvalue weighted by atomic mass is 10.2. The Labute approximate surface area is 203 Å². The standard InChI is InChI=1S/C22H25N3O7S2/c1-30-8-4-7-23-21(29)18-19-20(14(26)10-16(27)25-19)34-22(18)33-11-17(28)24-13-6-5-12(31-2)9-15(13)32-3/h5-6,9-10H,4,7-8,11H2,1-3H3,(H,23,29)(H,24,28)(H2,25,26,27). The van der Waals surface area contributed by atoms with Crippen LogP contribution in [-0.2, 0) is 9.53 Å². The van der Waals surface area contributed by atoms with Gasteiger partial charge in [0, 0.05) is 32.4 Å². The number of ether oxygens (including phenoxy) is 3. The van der Waals surface area contributed by atoms with Crippen molar-refractivity contribution in [3.63, 3.8) is 0 Å². The zero-order valence-electron chi connectivity index (χ0n) is 18.9. The van der Waals surface area contributed by atoms with Gasteiger partial charge in [0.05, 0.1) is 45.6 Å². The van der Waals surface area contributed by atoms with Crippen LogP contribution >= 0.6 is 23.1 Å². The fourth-order valence-corrected chi connectivity index (χ4v) is 5.33. The number of thiophene rings is 1. The Kier molecular flexibility index (Phi) is 8.79. The maximum Gasteiger partial charge on any atom is 0.255 e. The molecule has 0 radical (unpaired) electrons. The summed E-state index contributed by atoms with van der Waals surface area (Å²) >= 11 is 2.26. The number of hydrogen-bond donors (Lipinski definition) is 4. The summed E-state index contributed by atoms with van der Waals surface area (Å²) in [7, 11) is 4.59. The van der Waals surface area contributed by atoms with E-state index in [4.69, 9.17) is 14.2 Å². The lowest BCUT2D eigenvalue weighted by Gasteiger charge is -2.11. The van der Waals surface area contributed by atoms with E-state index in [1.165, 1.54) is 14.2 Å². The van der Waals surface area contributed by atoms with Crippen molar-refractivity contribution in [2.75, 3.05) is 45.6 Å². The van der Waals surface area contributed by atoms with E-state index < -0.39 is 11.5 Å². The molecule has 3 rings (SSSR count). The first-order valence-corrected chi connectivity index (χ1v) is 12.0. The lowest BCUT2D eigenvalue weighted by molar-refractivity contribution is -0.113. The highest BCUT2D eigenvalue weighted by Crippen LogP contribution is 2.40. The molecule has 0 saturated carbocycles. The largest absolute Gasteiger partial charge is 0.506 e. The zero-order chi connectivity index (χ0) is 24.7. The van der Waals surface area contributed by atoms with Gasteiger partial charge in [-0.15, -0.1) is 23.1 Å². The Morgan fingerprint density at radius 2 is 1.97 bits per heavy atom. The molecule has 4 N–H and O–H groups in total. The minimum absolute atomic E-state index is 0.0169. The lowest BCUT2D eigenvalue weighted by Crippen LogP contribution is -2.26. The predicted octanol–water partition coefficient (Wildman–Crippen LogP) is 2.81. The molecular weight excluding hydrogens is 482 g/mol. The van der Waals surface area contributed by atoms with Crippen LogP contribution in [0.1, 0.15) is 16.8 Å². The first-order chi connectivity index (χ1) is 16.4. The summed E-state index contributed by atoms with van der Waals surface area (Å²) in [5.41, 5.74) is 0.393. The number of hydrogen-bond acceptors (Lipinski definition) is 9. The van der Waals surface area contributed by atoms with Crippen LogP contribution in [0, 0.1) is 0 Å². The minimum Gasteiger partial charge on any atom is -0.506 e. The molecule has 2 heterocycles. The van der Waals surface area contributed by atoms with E-state index >= 15 is 0 Å². The number of aromatic amines is 1. The van der Waals surface area contributed by atoms with Crippen molar-refractivity contribution in [1.29, 1.82) is 0 Å². The van der Waals surface area contributed by atoms with Gasteiger partial charge in [0.1, 0.15) is 17.2 Å². The second-order valence-electron chi connectivity index (χ2n) is 6.99. The average Bonchev–Trinajstić information content (AvgIpc) is 3.19. The maximum absolute atomic E-state index is 12.9. The van der Waals surface area contributed by atoms with E-state index in [-0.39, 0.29) is 28.5 Å². The van der Waals surface area contributed by atoms with Crippen molar-refractivity contribution in [3.8, 4) is 17.2 Å². The average molecular weight is 508 g/mol. The number of pyridine rings is 1. The fourth-order valence-electron chi connectivity index (χ4n) is 3.09. The third-order valence-electron chi connectivity index (χ3n) is 4.68. The van der Waals surface area contributed by atoms with Crippen molar-refractivity contribution in [2.24, 2.45) is 0 Å². The van der Waals surface area contributed by atoms with Gasteiger partial charge in [-0.25, -0.2) is 0 Å². The molecule has 0 aliphatic rings. The molecule has 0 bridgehead atoms. The number of benzene rings is 1. The number of thioether (sulfide) groups is 1. The van der Waals surface area contributed by atoms with E-state index in [1.807, 2.05) is 0 Å². The third kappa shape index (κ3) is 6.01. The summed E-state index contributed by atoms with van der Waals surface area (Å²) in [5, 5.41) is 15.8. The molecule has 0 saturated heterocycles. The van der Waals surface area contributed by atoms with Crippen LogP contribution in [0.2, 0.25) is 0 Å². The Bertz CT molecular complexity index is 1240. The van der Waals surface area contributed by atoms with Gasteiger partial charge in [-0.05, 0) is 18.6 Å². The van der Waals surface area contributed by atoms with Gasteiger partial charge in [0.15, 0.2) is 0 Å². The van der Waals surface area contributed by atoms with E-state index in [9.17, 15) is 19.5 Å². The molecule has 10 nitrogen and oxygen atoms in total. The van der Waals surface area contributed by atoms with Gasteiger partial charge in [0.2, 0.25) is 5.91 Å². The number of anilines is 1. The van der Waals surface area contributed by atoms with Crippen LogP contribution in [0.25, 0.3) is 10.2 Å². The van der Waals surface area contributed by atoms with Gasteiger partial charge >= 0.3 is 0 Å². The molecule has 12 heteroatoms. The van der Waals surface area contributed by atoms with E-state index in [2.05, 4.69) is 15.6 Å². The molecule has 3 aromatic rings. The predicted molar refractivity (Wildman–Crippen MR) is 132 cm³/mol. The molecule has 2 aromatic heterocycles. The topological polar surface area (TPSA) is 139 Å². The molecule has 0 unspecified atom stereocenters. The van der Waals surface area contributed by atoms with Gasteiger partial charge in [-0.1, -0.05) is 0 Å². The second-order valence-corrected chi connectivity index (χ2v) is 9.26. The number of methoxy groups -OCH3 is 3. The molecular formula is C22H25N3O7S2. The Balaban J connectivity index is 1.81. The Hall–Kier alpha value is -3.22. The van der Waals surface area contributed by atoms with Crippen molar-refractivity contribution in [3.05, 3.63) is 40.2 Å². The van der Waals surface area contributed by atoms with Crippen LogP contribution in [0.4, 0.5) is 5.69 Å². The monoisotopic (exact) mass is 507 g/mol. The summed E-state index contributed by atoms with van der Waals surface area (Å²) in [6.45, 7) is 0.855. The van der Waals surface area contributed by atoms with Crippen LogP contribution in [-0.4, -0.2) is 62.1 Å². The molecule has 2 amide bonds. The highest BCUT2D eigenvalue weighted by atomic mass is 32.2. The number of amides is 2. The molecule has 0 aliphatic heterocycles. The quantitative estimate of drug-likeness (QED) is 0.230. The molecule has 0 atom stereocenters. The first kappa shape index (κ1) is 25.4. The van der Waals surface area contributed by atoms with Crippen LogP contribution in [0.5, 0.6) is 17.2 Å². The maximum atomic E-state index is 12.9. The van der Waals surface area contributed by atoms with Crippen LogP contribution in [0.15, 0.2) is 33.3 Å². The number of aromatic hydroxyl groups is 1. The molecule has 0 spiro atoms. The summed E-state index contributed by atoms with van der Waals surface area (Å²) in [4.78, 5) is 40.1. The van der Waals surface area contributed by atoms with Crippen molar-refractivity contribution in [1.82, 2.24) is 10.3 Å². The van der Waals surface area contributed by atoms with Gasteiger partial charge < -0.3 is 34.9 Å². The zero-order valence-corrected chi connectivity index (χ0v) is 20.5.